The Kier molecular flexibility index (Phi) is 5.30. The summed E-state index contributed by atoms with van der Waals surface area (Å²) in [6.45, 7) is 3.68. The van der Waals surface area contributed by atoms with Crippen molar-refractivity contribution in [2.45, 2.75) is 49.8 Å². The average molecular weight is 441 g/mol. The monoisotopic (exact) mass is 440 g/mol. The number of nitrogens with zero attached hydrogens (tertiary/aromatic N) is 1. The summed E-state index contributed by atoms with van der Waals surface area (Å²) in [5, 5.41) is 0.253. The Balaban J connectivity index is 1.41. The lowest BCUT2D eigenvalue weighted by molar-refractivity contribution is 0.0958. The van der Waals surface area contributed by atoms with Crippen molar-refractivity contribution in [2.24, 2.45) is 0 Å². The van der Waals surface area contributed by atoms with Gasteiger partial charge < -0.3 is 9.32 Å². The van der Waals surface area contributed by atoms with Gasteiger partial charge >= 0.3 is 0 Å². The average Bonchev–Trinajstić information content (AvgIpc) is 3.36. The van der Waals surface area contributed by atoms with Gasteiger partial charge in [0.2, 0.25) is 0 Å². The SMILES string of the molecule is Cc1cccc(C2CCCC2)c1S(=O)NC(=O)c1cc2c(F)cc(N3CCC3)cc2o1. The van der Waals surface area contributed by atoms with Crippen molar-refractivity contribution in [1.29, 1.82) is 0 Å². The standard InChI is InChI=1S/C24H25FN2O3S/c1-15-6-4-9-18(16-7-2-3-8-16)23(15)31(29)26-24(28)22-14-19-20(25)12-17(13-21(19)30-22)27-10-5-11-27/h4,6,9,12-14,16H,2-3,5,7-8,10-11H2,1H3,(H,26,28). The molecule has 1 aliphatic carbocycles. The second-order valence-corrected chi connectivity index (χ2v) is 9.62. The van der Waals surface area contributed by atoms with Crippen molar-refractivity contribution in [2.75, 3.05) is 18.0 Å². The van der Waals surface area contributed by atoms with Gasteiger partial charge in [0.05, 0.1) is 10.3 Å². The number of nitrogens with one attached hydrogen (secondary N) is 1. The van der Waals surface area contributed by atoms with E-state index in [-0.39, 0.29) is 11.1 Å². The largest absolute Gasteiger partial charge is 0.451 e. The number of anilines is 1. The first-order valence-electron chi connectivity index (χ1n) is 10.8. The molecule has 1 aromatic heterocycles. The smallest absolute Gasteiger partial charge is 0.298 e. The van der Waals surface area contributed by atoms with Gasteiger partial charge in [-0.1, -0.05) is 31.0 Å². The van der Waals surface area contributed by atoms with Crippen LogP contribution in [0.4, 0.5) is 10.1 Å². The molecule has 5 rings (SSSR count). The Morgan fingerprint density at radius 2 is 1.94 bits per heavy atom. The quantitative estimate of drug-likeness (QED) is 0.592. The van der Waals surface area contributed by atoms with Gasteiger partial charge in [0.15, 0.2) is 16.7 Å². The lowest BCUT2D eigenvalue weighted by atomic mass is 9.96. The number of benzene rings is 2. The number of rotatable bonds is 5. The number of hydrogen-bond acceptors (Lipinski definition) is 4. The lowest BCUT2D eigenvalue weighted by Gasteiger charge is -2.33. The van der Waals surface area contributed by atoms with Crippen LogP contribution in [0, 0.1) is 12.7 Å². The van der Waals surface area contributed by atoms with Crippen molar-refractivity contribution in [1.82, 2.24) is 4.72 Å². The van der Waals surface area contributed by atoms with Crippen molar-refractivity contribution >= 4 is 33.5 Å². The lowest BCUT2D eigenvalue weighted by Crippen LogP contribution is -2.36. The van der Waals surface area contributed by atoms with Gasteiger partial charge in [-0.25, -0.2) is 8.60 Å². The van der Waals surface area contributed by atoms with E-state index < -0.39 is 22.7 Å². The Morgan fingerprint density at radius 1 is 1.16 bits per heavy atom. The highest BCUT2D eigenvalue weighted by Gasteiger charge is 2.26. The van der Waals surface area contributed by atoms with Crippen LogP contribution >= 0.6 is 0 Å². The molecule has 5 nitrogen and oxygen atoms in total. The molecule has 0 bridgehead atoms. The predicted molar refractivity (Wildman–Crippen MR) is 119 cm³/mol. The van der Waals surface area contributed by atoms with Crippen molar-refractivity contribution < 1.29 is 17.8 Å². The molecular formula is C24H25FN2O3S. The highest BCUT2D eigenvalue weighted by atomic mass is 32.2. The molecule has 2 heterocycles. The molecule has 0 spiro atoms. The van der Waals surface area contributed by atoms with Crippen LogP contribution in [0.1, 0.15) is 59.7 Å². The van der Waals surface area contributed by atoms with Gasteiger partial charge in [0.25, 0.3) is 5.91 Å². The van der Waals surface area contributed by atoms with Crippen LogP contribution in [0.2, 0.25) is 0 Å². The summed E-state index contributed by atoms with van der Waals surface area (Å²) in [6, 6.07) is 10.5. The molecule has 1 amide bonds. The first-order chi connectivity index (χ1) is 15.0. The number of aryl methyl sites for hydroxylation is 1. The maximum atomic E-state index is 14.6. The first-order valence-corrected chi connectivity index (χ1v) is 12.0. The number of fused-ring (bicyclic) bond motifs is 1. The van der Waals surface area contributed by atoms with Crippen LogP contribution in [0.25, 0.3) is 11.0 Å². The van der Waals surface area contributed by atoms with E-state index in [1.807, 2.05) is 25.1 Å². The Labute approximate surface area is 183 Å². The molecule has 3 aromatic rings. The highest BCUT2D eigenvalue weighted by Crippen LogP contribution is 2.37. The summed E-state index contributed by atoms with van der Waals surface area (Å²) >= 11 is 0. The number of hydrogen-bond donors (Lipinski definition) is 1. The minimum absolute atomic E-state index is 0.0426. The predicted octanol–water partition coefficient (Wildman–Crippen LogP) is 5.20. The van der Waals surface area contributed by atoms with Gasteiger partial charge in [-0.3, -0.25) is 9.52 Å². The molecule has 2 fully saturated rings. The molecule has 1 unspecified atom stereocenters. The normalized spacial score (nSPS) is 17.7. The second kappa shape index (κ2) is 8.11. The zero-order valence-corrected chi connectivity index (χ0v) is 18.3. The molecule has 1 saturated heterocycles. The molecule has 1 aliphatic heterocycles. The van der Waals surface area contributed by atoms with Crippen LogP contribution in [0.5, 0.6) is 0 Å². The van der Waals surface area contributed by atoms with Gasteiger partial charge in [-0.2, -0.15) is 0 Å². The molecule has 1 saturated carbocycles. The molecule has 162 valence electrons. The summed E-state index contributed by atoms with van der Waals surface area (Å²) in [5.41, 5.74) is 3.01. The number of furan rings is 1. The maximum absolute atomic E-state index is 14.6. The minimum atomic E-state index is -1.73. The number of carbonyl (C=O) groups is 1. The first kappa shape index (κ1) is 20.2. The molecule has 1 atom stereocenters. The zero-order chi connectivity index (χ0) is 21.5. The van der Waals surface area contributed by atoms with Gasteiger partial charge in [0, 0.05) is 30.9 Å². The van der Waals surface area contributed by atoms with E-state index >= 15 is 0 Å². The topological polar surface area (TPSA) is 62.6 Å². The number of halogens is 1. The van der Waals surface area contributed by atoms with E-state index in [4.69, 9.17) is 4.42 Å². The van der Waals surface area contributed by atoms with Gasteiger partial charge in [-0.15, -0.1) is 0 Å². The highest BCUT2D eigenvalue weighted by molar-refractivity contribution is 7.83. The zero-order valence-electron chi connectivity index (χ0n) is 17.4. The maximum Gasteiger partial charge on any atom is 0.298 e. The van der Waals surface area contributed by atoms with E-state index in [0.29, 0.717) is 16.4 Å². The fourth-order valence-corrected chi connectivity index (χ4v) is 5.80. The Morgan fingerprint density at radius 3 is 2.65 bits per heavy atom. The third-order valence-electron chi connectivity index (χ3n) is 6.42. The second-order valence-electron chi connectivity index (χ2n) is 8.47. The molecule has 2 aliphatic rings. The number of amides is 1. The summed E-state index contributed by atoms with van der Waals surface area (Å²) < 4.78 is 35.9. The van der Waals surface area contributed by atoms with Crippen molar-refractivity contribution in [3.63, 3.8) is 0 Å². The van der Waals surface area contributed by atoms with Crippen LogP contribution in [-0.4, -0.2) is 23.2 Å². The van der Waals surface area contributed by atoms with E-state index in [0.717, 1.165) is 49.2 Å². The van der Waals surface area contributed by atoms with Crippen LogP contribution in [0.3, 0.4) is 0 Å². The molecule has 2 aromatic carbocycles. The van der Waals surface area contributed by atoms with Gasteiger partial charge in [-0.05, 0) is 49.3 Å². The minimum Gasteiger partial charge on any atom is -0.451 e. The number of carbonyl (C=O) groups excluding carboxylic acids is 1. The summed E-state index contributed by atoms with van der Waals surface area (Å²) in [7, 11) is -1.73. The fourth-order valence-electron chi connectivity index (χ4n) is 4.62. The van der Waals surface area contributed by atoms with Crippen LogP contribution < -0.4 is 9.62 Å². The summed E-state index contributed by atoms with van der Waals surface area (Å²) in [6.07, 6.45) is 5.56. The van der Waals surface area contributed by atoms with E-state index in [2.05, 4.69) is 9.62 Å². The molecule has 7 heteroatoms. The Bertz CT molecular complexity index is 1180. The Hall–Kier alpha value is -2.67. The molecule has 0 radical (unpaired) electrons. The fraction of sp³-hybridized carbons (Fsp3) is 0.375. The van der Waals surface area contributed by atoms with E-state index in [1.165, 1.54) is 25.0 Å². The van der Waals surface area contributed by atoms with Crippen LogP contribution in [-0.2, 0) is 11.0 Å². The summed E-state index contributed by atoms with van der Waals surface area (Å²) in [4.78, 5) is 15.5. The van der Waals surface area contributed by atoms with Crippen molar-refractivity contribution in [3.05, 3.63) is 59.1 Å². The molecule has 31 heavy (non-hydrogen) atoms. The van der Waals surface area contributed by atoms with E-state index in [9.17, 15) is 13.4 Å². The van der Waals surface area contributed by atoms with Crippen molar-refractivity contribution in [3.8, 4) is 0 Å². The third-order valence-corrected chi connectivity index (χ3v) is 7.72. The van der Waals surface area contributed by atoms with Gasteiger partial charge in [0.1, 0.15) is 11.4 Å². The van der Waals surface area contributed by atoms with E-state index in [1.54, 1.807) is 6.07 Å². The molecule has 1 N–H and O–H groups in total. The third kappa shape index (κ3) is 3.76. The summed E-state index contributed by atoms with van der Waals surface area (Å²) in [5.74, 6) is -0.708. The molecular weight excluding hydrogens is 415 g/mol. The van der Waals surface area contributed by atoms with Crippen LogP contribution in [0.15, 0.2) is 45.7 Å².